The van der Waals surface area contributed by atoms with E-state index < -0.39 is 6.10 Å². The van der Waals surface area contributed by atoms with E-state index in [-0.39, 0.29) is 12.1 Å². The largest absolute Gasteiger partial charge is 0.497 e. The molecular formula is C34H36O4. The second-order valence-electron chi connectivity index (χ2n) is 10.1. The number of carbonyl (C=O) groups is 1. The number of hydrogen-bond donors (Lipinski definition) is 0. The van der Waals surface area contributed by atoms with Crippen LogP contribution in [0.25, 0.3) is 10.8 Å². The van der Waals surface area contributed by atoms with Gasteiger partial charge in [0.15, 0.2) is 6.10 Å². The first-order chi connectivity index (χ1) is 18.7. The summed E-state index contributed by atoms with van der Waals surface area (Å²) in [5, 5.41) is 2.17. The third-order valence-corrected chi connectivity index (χ3v) is 7.35. The van der Waals surface area contributed by atoms with Crippen molar-refractivity contribution in [1.82, 2.24) is 0 Å². The van der Waals surface area contributed by atoms with Gasteiger partial charge in [0, 0.05) is 0 Å². The average molecular weight is 509 g/mol. The van der Waals surface area contributed by atoms with Gasteiger partial charge in [-0.05, 0) is 77.4 Å². The Hall–Kier alpha value is -3.63. The van der Waals surface area contributed by atoms with E-state index in [1.54, 1.807) is 7.11 Å². The van der Waals surface area contributed by atoms with E-state index in [0.29, 0.717) is 5.75 Å². The summed E-state index contributed by atoms with van der Waals surface area (Å²) < 4.78 is 16.7. The van der Waals surface area contributed by atoms with Crippen LogP contribution in [0, 0.1) is 0 Å². The van der Waals surface area contributed by atoms with Gasteiger partial charge in [-0.25, -0.2) is 4.79 Å². The lowest BCUT2D eigenvalue weighted by atomic mass is 9.97. The maximum atomic E-state index is 12.8. The average Bonchev–Trinajstić information content (AvgIpc) is 3.76. The fraction of sp³-hybridized carbons (Fsp3) is 0.324. The number of esters is 1. The number of aryl methyl sites for hydroxylation is 2. The van der Waals surface area contributed by atoms with E-state index in [1.165, 1.54) is 43.2 Å². The smallest absolute Gasteiger partial charge is 0.343 e. The van der Waals surface area contributed by atoms with Gasteiger partial charge in [-0.3, -0.25) is 0 Å². The zero-order valence-corrected chi connectivity index (χ0v) is 22.1. The predicted octanol–water partition coefficient (Wildman–Crippen LogP) is 8.02. The highest BCUT2D eigenvalue weighted by molar-refractivity contribution is 5.86. The molecule has 0 N–H and O–H groups in total. The molecule has 1 aliphatic rings. The van der Waals surface area contributed by atoms with Crippen molar-refractivity contribution in [2.45, 2.75) is 63.6 Å². The molecule has 0 unspecified atom stereocenters. The van der Waals surface area contributed by atoms with Crippen molar-refractivity contribution < 1.29 is 19.0 Å². The Morgan fingerprint density at radius 3 is 2.16 bits per heavy atom. The van der Waals surface area contributed by atoms with Crippen LogP contribution in [-0.4, -0.2) is 19.2 Å². The van der Waals surface area contributed by atoms with Gasteiger partial charge in [-0.2, -0.15) is 0 Å². The summed E-state index contributed by atoms with van der Waals surface area (Å²) in [4.78, 5) is 12.8. The highest BCUT2D eigenvalue weighted by atomic mass is 16.6. The molecule has 1 fully saturated rings. The summed E-state index contributed by atoms with van der Waals surface area (Å²) in [6, 6.07) is 30.5. The van der Waals surface area contributed by atoms with Crippen molar-refractivity contribution in [3.8, 4) is 11.5 Å². The van der Waals surface area contributed by atoms with Crippen LogP contribution in [-0.2, 0) is 22.4 Å². The molecule has 4 heteroatoms. The third-order valence-electron chi connectivity index (χ3n) is 7.35. The Morgan fingerprint density at radius 1 is 0.711 bits per heavy atom. The van der Waals surface area contributed by atoms with E-state index in [2.05, 4.69) is 30.3 Å². The fourth-order valence-corrected chi connectivity index (χ4v) is 5.12. The van der Waals surface area contributed by atoms with Gasteiger partial charge in [0.2, 0.25) is 0 Å². The molecule has 4 nitrogen and oxygen atoms in total. The second kappa shape index (κ2) is 12.7. The zero-order chi connectivity index (χ0) is 26.2. The number of epoxide rings is 1. The molecule has 5 rings (SSSR count). The van der Waals surface area contributed by atoms with Crippen molar-refractivity contribution in [2.75, 3.05) is 7.11 Å². The summed E-state index contributed by atoms with van der Waals surface area (Å²) >= 11 is 0. The van der Waals surface area contributed by atoms with Crippen LogP contribution in [0.3, 0.4) is 0 Å². The van der Waals surface area contributed by atoms with Crippen LogP contribution in [0.2, 0.25) is 0 Å². The van der Waals surface area contributed by atoms with Crippen LogP contribution >= 0.6 is 0 Å². The number of unbranched alkanes of at least 4 members (excludes halogenated alkanes) is 5. The quantitative estimate of drug-likeness (QED) is 0.0794. The van der Waals surface area contributed by atoms with E-state index >= 15 is 0 Å². The lowest BCUT2D eigenvalue weighted by molar-refractivity contribution is -0.135. The number of ether oxygens (including phenoxy) is 3. The molecule has 196 valence electrons. The molecule has 2 atom stereocenters. The van der Waals surface area contributed by atoms with Crippen LogP contribution in [0.15, 0.2) is 91.0 Å². The lowest BCUT2D eigenvalue weighted by Crippen LogP contribution is -2.15. The predicted molar refractivity (Wildman–Crippen MR) is 152 cm³/mol. The van der Waals surface area contributed by atoms with E-state index in [0.717, 1.165) is 41.3 Å². The number of fused-ring (bicyclic) bond motifs is 1. The van der Waals surface area contributed by atoms with E-state index in [9.17, 15) is 4.79 Å². The molecule has 4 aromatic rings. The first kappa shape index (κ1) is 26.0. The molecule has 1 aliphatic heterocycles. The zero-order valence-electron chi connectivity index (χ0n) is 22.1. The van der Waals surface area contributed by atoms with Crippen molar-refractivity contribution in [3.05, 3.63) is 108 Å². The molecule has 0 bridgehead atoms. The Bertz CT molecular complexity index is 1340. The Morgan fingerprint density at radius 2 is 1.37 bits per heavy atom. The monoisotopic (exact) mass is 508 g/mol. The minimum Gasteiger partial charge on any atom is -0.497 e. The molecule has 38 heavy (non-hydrogen) atoms. The highest BCUT2D eigenvalue weighted by Gasteiger charge is 2.48. The minimum atomic E-state index is -0.534. The molecule has 0 aliphatic carbocycles. The van der Waals surface area contributed by atoms with Gasteiger partial charge in [-0.15, -0.1) is 0 Å². The van der Waals surface area contributed by atoms with Gasteiger partial charge in [-0.1, -0.05) is 92.4 Å². The normalized spacial score (nSPS) is 16.3. The molecule has 0 radical (unpaired) electrons. The SMILES string of the molecule is COc1ccc(CCCCCCCCc2ccccc2[C@@H]2O[C@H]2C(=O)Oc2ccc3ccccc3c2)cc1. The van der Waals surface area contributed by atoms with Gasteiger partial charge in [0.05, 0.1) is 7.11 Å². The van der Waals surface area contributed by atoms with Crippen molar-refractivity contribution in [3.63, 3.8) is 0 Å². The highest BCUT2D eigenvalue weighted by Crippen LogP contribution is 2.41. The van der Waals surface area contributed by atoms with Crippen LogP contribution < -0.4 is 9.47 Å². The molecule has 0 spiro atoms. The molecule has 0 amide bonds. The molecular weight excluding hydrogens is 472 g/mol. The van der Waals surface area contributed by atoms with Gasteiger partial charge < -0.3 is 14.2 Å². The van der Waals surface area contributed by atoms with Crippen molar-refractivity contribution in [1.29, 1.82) is 0 Å². The third kappa shape index (κ3) is 6.81. The molecule has 0 saturated carbocycles. The standard InChI is InChI=1S/C34H36O4/c1-36-29-21-18-25(19-22-29)12-6-4-2-3-5-7-14-27-15-10-11-17-31(27)32-33(38-32)34(35)37-30-23-20-26-13-8-9-16-28(26)24-30/h8-11,13,15-24,32-33H,2-7,12,14H2,1H3/t32-,33+/m0/s1. The topological polar surface area (TPSA) is 48.1 Å². The number of rotatable bonds is 13. The first-order valence-corrected chi connectivity index (χ1v) is 13.8. The van der Waals surface area contributed by atoms with Crippen LogP contribution in [0.5, 0.6) is 11.5 Å². The number of methoxy groups -OCH3 is 1. The maximum Gasteiger partial charge on any atom is 0.343 e. The van der Waals surface area contributed by atoms with Gasteiger partial charge in [0.1, 0.15) is 17.6 Å². The van der Waals surface area contributed by atoms with Gasteiger partial charge >= 0.3 is 5.97 Å². The molecule has 4 aromatic carbocycles. The molecule has 1 saturated heterocycles. The van der Waals surface area contributed by atoms with Crippen LogP contribution in [0.4, 0.5) is 0 Å². The number of carbonyl (C=O) groups excluding carboxylic acids is 1. The van der Waals surface area contributed by atoms with E-state index in [1.807, 2.05) is 60.7 Å². The van der Waals surface area contributed by atoms with Crippen molar-refractivity contribution >= 4 is 16.7 Å². The van der Waals surface area contributed by atoms with Crippen LogP contribution in [0.1, 0.15) is 61.3 Å². The maximum absolute atomic E-state index is 12.8. The number of hydrogen-bond acceptors (Lipinski definition) is 4. The first-order valence-electron chi connectivity index (χ1n) is 13.8. The molecule has 0 aromatic heterocycles. The summed E-state index contributed by atoms with van der Waals surface area (Å²) in [5.74, 6) is 1.15. The lowest BCUT2D eigenvalue weighted by Gasteiger charge is -2.08. The second-order valence-corrected chi connectivity index (χ2v) is 10.1. The molecule has 1 heterocycles. The summed E-state index contributed by atoms with van der Waals surface area (Å²) in [6.07, 6.45) is 8.77. The Balaban J connectivity index is 1.03. The Kier molecular flexibility index (Phi) is 8.72. The summed E-state index contributed by atoms with van der Waals surface area (Å²) in [6.45, 7) is 0. The summed E-state index contributed by atoms with van der Waals surface area (Å²) in [7, 11) is 1.70. The fourth-order valence-electron chi connectivity index (χ4n) is 5.12. The van der Waals surface area contributed by atoms with Crippen molar-refractivity contribution in [2.24, 2.45) is 0 Å². The Labute approximate surface area is 225 Å². The van der Waals surface area contributed by atoms with Gasteiger partial charge in [0.25, 0.3) is 0 Å². The van der Waals surface area contributed by atoms with E-state index in [4.69, 9.17) is 14.2 Å². The minimum absolute atomic E-state index is 0.211. The summed E-state index contributed by atoms with van der Waals surface area (Å²) in [5.41, 5.74) is 3.77. The number of benzene rings is 4.